The Morgan fingerprint density at radius 3 is 2.17 bits per heavy atom. The molecule has 0 aliphatic carbocycles. The first-order chi connectivity index (χ1) is 16.7. The molecule has 6 nitrogen and oxygen atoms in total. The molecule has 35 heavy (non-hydrogen) atoms. The number of rotatable bonds is 7. The van der Waals surface area contributed by atoms with E-state index in [0.29, 0.717) is 22.4 Å². The minimum absolute atomic E-state index is 0.0861. The highest BCUT2D eigenvalue weighted by molar-refractivity contribution is 6.03. The molecule has 0 aromatic heterocycles. The molecule has 0 spiro atoms. The number of carbonyl (C=O) groups is 3. The number of methoxy groups -OCH3 is 1. The van der Waals surface area contributed by atoms with Crippen LogP contribution < -0.4 is 4.74 Å². The van der Waals surface area contributed by atoms with Crippen LogP contribution >= 0.6 is 0 Å². The van der Waals surface area contributed by atoms with E-state index in [0.717, 1.165) is 0 Å². The number of fused-ring (bicyclic) bond motifs is 1. The predicted molar refractivity (Wildman–Crippen MR) is 131 cm³/mol. The van der Waals surface area contributed by atoms with E-state index in [1.807, 2.05) is 6.07 Å². The summed E-state index contributed by atoms with van der Waals surface area (Å²) in [6.45, 7) is 5.25. The van der Waals surface area contributed by atoms with Crippen LogP contribution in [-0.2, 0) is 19.9 Å². The summed E-state index contributed by atoms with van der Waals surface area (Å²) in [7, 11) is 1.56. The van der Waals surface area contributed by atoms with Crippen molar-refractivity contribution in [2.75, 3.05) is 7.11 Å². The van der Waals surface area contributed by atoms with E-state index in [9.17, 15) is 14.4 Å². The number of benzene rings is 3. The van der Waals surface area contributed by atoms with Gasteiger partial charge in [0.25, 0.3) is 0 Å². The van der Waals surface area contributed by atoms with Gasteiger partial charge in [0.1, 0.15) is 11.4 Å². The number of ketones is 1. The van der Waals surface area contributed by atoms with Crippen LogP contribution in [0.25, 0.3) is 0 Å². The number of hydrogen-bond donors (Lipinski definition) is 0. The molecule has 4 rings (SSSR count). The zero-order valence-corrected chi connectivity index (χ0v) is 20.2. The molecule has 0 radical (unpaired) electrons. The Hall–Kier alpha value is -3.93. The predicted octanol–water partition coefficient (Wildman–Crippen LogP) is 5.46. The van der Waals surface area contributed by atoms with Crippen LogP contribution in [0.2, 0.25) is 0 Å². The highest BCUT2D eigenvalue weighted by atomic mass is 16.6. The van der Waals surface area contributed by atoms with Crippen LogP contribution in [0.3, 0.4) is 0 Å². The molecule has 6 heteroatoms. The summed E-state index contributed by atoms with van der Waals surface area (Å²) in [6, 6.07) is 22.7. The van der Waals surface area contributed by atoms with Crippen molar-refractivity contribution in [2.45, 2.75) is 44.3 Å². The third-order valence-corrected chi connectivity index (χ3v) is 6.00. The molecule has 0 fully saturated rings. The lowest BCUT2D eigenvalue weighted by Gasteiger charge is -2.37. The second kappa shape index (κ2) is 9.37. The van der Waals surface area contributed by atoms with E-state index >= 15 is 0 Å². The van der Waals surface area contributed by atoms with Crippen molar-refractivity contribution in [3.05, 3.63) is 101 Å². The van der Waals surface area contributed by atoms with Crippen LogP contribution in [0.15, 0.2) is 78.9 Å². The van der Waals surface area contributed by atoms with Gasteiger partial charge < -0.3 is 14.2 Å². The maximum absolute atomic E-state index is 13.9. The average Bonchev–Trinajstić information content (AvgIpc) is 3.15. The normalized spacial score (nSPS) is 17.8. The first-order valence-corrected chi connectivity index (χ1v) is 11.4. The van der Waals surface area contributed by atoms with Crippen molar-refractivity contribution in [3.8, 4) is 5.75 Å². The lowest BCUT2D eigenvalue weighted by atomic mass is 9.73. The molecule has 3 aromatic rings. The van der Waals surface area contributed by atoms with Gasteiger partial charge >= 0.3 is 11.9 Å². The van der Waals surface area contributed by atoms with Crippen LogP contribution in [0.4, 0.5) is 0 Å². The summed E-state index contributed by atoms with van der Waals surface area (Å²) < 4.78 is 17.0. The molecule has 3 aromatic carbocycles. The highest BCUT2D eigenvalue weighted by Crippen LogP contribution is 2.50. The van der Waals surface area contributed by atoms with E-state index in [1.54, 1.807) is 101 Å². The van der Waals surface area contributed by atoms with Crippen LogP contribution in [-0.4, -0.2) is 30.4 Å². The Balaban J connectivity index is 1.91. The van der Waals surface area contributed by atoms with Gasteiger partial charge in [-0.2, -0.15) is 0 Å². The SMILES string of the molecule is COc1ccc([C@@H](CC(=O)c2ccccc2)[C@@]2(C(=O)OC(C)(C)C)OC(=O)c3ccccc32)cc1. The summed E-state index contributed by atoms with van der Waals surface area (Å²) in [4.78, 5) is 40.4. The molecule has 0 bridgehead atoms. The second-order valence-electron chi connectivity index (χ2n) is 9.49. The molecule has 0 N–H and O–H groups in total. The standard InChI is InChI=1S/C29H28O6/c1-28(2,3)35-27(32)29(23-13-9-8-12-22(23)26(31)34-29)24(19-14-16-21(33-4)17-15-19)18-25(30)20-10-6-5-7-11-20/h5-17,24H,18H2,1-4H3/t24-,29+/m1/s1. The summed E-state index contributed by atoms with van der Waals surface area (Å²) in [5, 5.41) is 0. The minimum Gasteiger partial charge on any atom is -0.497 e. The Labute approximate surface area is 204 Å². The maximum atomic E-state index is 13.9. The van der Waals surface area contributed by atoms with E-state index in [1.165, 1.54) is 0 Å². The fourth-order valence-electron chi connectivity index (χ4n) is 4.41. The third kappa shape index (κ3) is 4.69. The summed E-state index contributed by atoms with van der Waals surface area (Å²) in [6.07, 6.45) is -0.0861. The van der Waals surface area contributed by atoms with Gasteiger partial charge in [-0.1, -0.05) is 60.7 Å². The number of carbonyl (C=O) groups excluding carboxylic acids is 3. The number of Topliss-reactive ketones (excluding diaryl/α,β-unsaturated/α-hetero) is 1. The molecule has 0 saturated carbocycles. The first kappa shape index (κ1) is 24.2. The third-order valence-electron chi connectivity index (χ3n) is 6.00. The van der Waals surface area contributed by atoms with Gasteiger partial charge in [0.15, 0.2) is 5.78 Å². The van der Waals surface area contributed by atoms with Gasteiger partial charge in [-0.25, -0.2) is 9.59 Å². The Morgan fingerprint density at radius 2 is 1.54 bits per heavy atom. The van der Waals surface area contributed by atoms with E-state index < -0.39 is 29.1 Å². The molecule has 1 heterocycles. The molecule has 0 unspecified atom stereocenters. The monoisotopic (exact) mass is 472 g/mol. The molecule has 180 valence electrons. The quantitative estimate of drug-likeness (QED) is 0.336. The van der Waals surface area contributed by atoms with Crippen molar-refractivity contribution in [1.82, 2.24) is 0 Å². The zero-order valence-electron chi connectivity index (χ0n) is 20.2. The first-order valence-electron chi connectivity index (χ1n) is 11.4. The molecule has 0 amide bonds. The number of esters is 2. The molecule has 1 aliphatic rings. The van der Waals surface area contributed by atoms with E-state index in [4.69, 9.17) is 14.2 Å². The summed E-state index contributed by atoms with van der Waals surface area (Å²) in [5.74, 6) is -1.75. The lowest BCUT2D eigenvalue weighted by molar-refractivity contribution is -0.180. The van der Waals surface area contributed by atoms with Gasteiger partial charge in [0.2, 0.25) is 5.60 Å². The zero-order chi connectivity index (χ0) is 25.2. The molecule has 2 atom stereocenters. The van der Waals surface area contributed by atoms with Gasteiger partial charge in [-0.05, 0) is 44.5 Å². The van der Waals surface area contributed by atoms with Crippen molar-refractivity contribution in [1.29, 1.82) is 0 Å². The lowest BCUT2D eigenvalue weighted by Crippen LogP contribution is -2.46. The number of cyclic esters (lactones) is 1. The van der Waals surface area contributed by atoms with E-state index in [-0.39, 0.29) is 17.8 Å². The highest BCUT2D eigenvalue weighted by Gasteiger charge is 2.59. The fraction of sp³-hybridized carbons (Fsp3) is 0.276. The van der Waals surface area contributed by atoms with Gasteiger partial charge in [-0.15, -0.1) is 0 Å². The Bertz CT molecular complexity index is 1240. The Kier molecular flexibility index (Phi) is 6.48. The van der Waals surface area contributed by atoms with Gasteiger partial charge in [-0.3, -0.25) is 4.79 Å². The number of hydrogen-bond acceptors (Lipinski definition) is 6. The maximum Gasteiger partial charge on any atom is 0.356 e. The molecule has 1 aliphatic heterocycles. The summed E-state index contributed by atoms with van der Waals surface area (Å²) in [5.41, 5.74) is -0.861. The smallest absolute Gasteiger partial charge is 0.356 e. The van der Waals surface area contributed by atoms with Gasteiger partial charge in [0, 0.05) is 23.5 Å². The van der Waals surface area contributed by atoms with Gasteiger partial charge in [0.05, 0.1) is 12.7 Å². The van der Waals surface area contributed by atoms with Crippen molar-refractivity contribution in [3.63, 3.8) is 0 Å². The largest absolute Gasteiger partial charge is 0.497 e. The molecule has 0 saturated heterocycles. The fourth-order valence-corrected chi connectivity index (χ4v) is 4.41. The Morgan fingerprint density at radius 1 is 0.914 bits per heavy atom. The number of ether oxygens (including phenoxy) is 3. The molecular formula is C29H28O6. The van der Waals surface area contributed by atoms with Crippen LogP contribution in [0.5, 0.6) is 5.75 Å². The topological polar surface area (TPSA) is 78.9 Å². The van der Waals surface area contributed by atoms with Crippen molar-refractivity contribution >= 4 is 17.7 Å². The van der Waals surface area contributed by atoms with Crippen molar-refractivity contribution in [2.24, 2.45) is 0 Å². The average molecular weight is 473 g/mol. The summed E-state index contributed by atoms with van der Waals surface area (Å²) >= 11 is 0. The molecular weight excluding hydrogens is 444 g/mol. The van der Waals surface area contributed by atoms with Crippen LogP contribution in [0.1, 0.15) is 65.0 Å². The second-order valence-corrected chi connectivity index (χ2v) is 9.49. The van der Waals surface area contributed by atoms with E-state index in [2.05, 4.69) is 0 Å². The van der Waals surface area contributed by atoms with Crippen LogP contribution in [0, 0.1) is 0 Å². The minimum atomic E-state index is -1.83. The van der Waals surface area contributed by atoms with Crippen molar-refractivity contribution < 1.29 is 28.6 Å².